The zero-order valence-corrected chi connectivity index (χ0v) is 14.3. The van der Waals surface area contributed by atoms with Crippen LogP contribution in [-0.4, -0.2) is 21.8 Å². The van der Waals surface area contributed by atoms with Crippen molar-refractivity contribution in [3.8, 4) is 0 Å². The maximum Gasteiger partial charge on any atom is 0.278 e. The number of hydrogen-bond acceptors (Lipinski definition) is 5. The fraction of sp³-hybridized carbons (Fsp3) is 0. The molecule has 6 nitrogen and oxygen atoms in total. The third-order valence-corrected chi connectivity index (χ3v) is 3.93. The van der Waals surface area contributed by atoms with Crippen LogP contribution in [-0.2, 0) is 0 Å². The number of carbonyl (C=O) groups excluding carboxylic acids is 2. The van der Waals surface area contributed by atoms with Gasteiger partial charge in [-0.3, -0.25) is 9.59 Å². The van der Waals surface area contributed by atoms with E-state index in [0.29, 0.717) is 4.47 Å². The summed E-state index contributed by atoms with van der Waals surface area (Å²) in [7, 11) is 0. The highest BCUT2D eigenvalue weighted by Crippen LogP contribution is 2.28. The highest BCUT2D eigenvalue weighted by atomic mass is 79.9. The van der Waals surface area contributed by atoms with Crippen molar-refractivity contribution < 1.29 is 14.0 Å². The van der Waals surface area contributed by atoms with Crippen molar-refractivity contribution in [2.75, 3.05) is 5.73 Å². The summed E-state index contributed by atoms with van der Waals surface area (Å²) in [5.74, 6) is 2.50. The van der Waals surface area contributed by atoms with Gasteiger partial charge < -0.3 is 5.73 Å². The monoisotopic (exact) mass is 420 g/mol. The first kappa shape index (κ1) is 17.6. The number of anilines is 1. The average Bonchev–Trinajstić information content (AvgIpc) is 2.52. The van der Waals surface area contributed by atoms with E-state index in [-0.39, 0.29) is 21.4 Å². The lowest BCUT2D eigenvalue weighted by atomic mass is 10.1. The Morgan fingerprint density at radius 3 is 2.57 bits per heavy atom. The Morgan fingerprint density at radius 2 is 1.91 bits per heavy atom. The lowest BCUT2D eigenvalue weighted by molar-refractivity contribution is 0.0616. The molecule has 4 N–H and O–H groups in total. The molecule has 0 aliphatic carbocycles. The van der Waals surface area contributed by atoms with Crippen LogP contribution in [0.4, 0.5) is 10.2 Å². The normalized spacial score (nSPS) is 10.5. The van der Waals surface area contributed by atoms with Gasteiger partial charge in [-0.05, 0) is 34.1 Å². The van der Waals surface area contributed by atoms with Crippen molar-refractivity contribution in [3.63, 3.8) is 0 Å². The van der Waals surface area contributed by atoms with Crippen LogP contribution in [0.5, 0.6) is 0 Å². The first-order valence-electron chi connectivity index (χ1n) is 5.92. The van der Waals surface area contributed by atoms with E-state index in [1.807, 2.05) is 0 Å². The molecule has 120 valence electrons. The van der Waals surface area contributed by atoms with E-state index in [0.717, 1.165) is 12.1 Å². The number of halogens is 4. The number of amides is 2. The van der Waals surface area contributed by atoms with E-state index in [1.54, 1.807) is 0 Å². The maximum absolute atomic E-state index is 13.5. The predicted octanol–water partition coefficient (Wildman–Crippen LogP) is 3.03. The van der Waals surface area contributed by atoms with Gasteiger partial charge >= 0.3 is 0 Å². The van der Waals surface area contributed by atoms with E-state index >= 15 is 0 Å². The Bertz CT molecular complexity index is 819. The molecule has 0 saturated heterocycles. The molecule has 0 saturated carbocycles. The molecular weight excluding hydrogens is 414 g/mol. The van der Waals surface area contributed by atoms with Crippen molar-refractivity contribution in [3.05, 3.63) is 55.9 Å². The standard InChI is InChI=1S/C13H8BrCl2FN4O2/c14-5-3-6(11(18)20-4-5)12(22)21(19)13(23)9-7(15)1-2-8(17)10(9)16/h1-4H,19H2,(H2,18,20). The van der Waals surface area contributed by atoms with Crippen molar-refractivity contribution in [1.82, 2.24) is 9.99 Å². The summed E-state index contributed by atoms with van der Waals surface area (Å²) in [5.41, 5.74) is 5.06. The Morgan fingerprint density at radius 1 is 1.26 bits per heavy atom. The van der Waals surface area contributed by atoms with Gasteiger partial charge in [-0.25, -0.2) is 20.2 Å². The average molecular weight is 422 g/mol. The summed E-state index contributed by atoms with van der Waals surface area (Å²) in [6.07, 6.45) is 1.37. The zero-order valence-electron chi connectivity index (χ0n) is 11.2. The molecule has 0 unspecified atom stereocenters. The van der Waals surface area contributed by atoms with E-state index < -0.39 is 28.2 Å². The van der Waals surface area contributed by atoms with Gasteiger partial charge in [-0.1, -0.05) is 23.2 Å². The minimum absolute atomic E-state index is 0.112. The number of nitrogens with two attached hydrogens (primary N) is 2. The quantitative estimate of drug-likeness (QED) is 0.255. The minimum atomic E-state index is -1.08. The molecule has 23 heavy (non-hydrogen) atoms. The second-order valence-electron chi connectivity index (χ2n) is 4.28. The second kappa shape index (κ2) is 6.79. The van der Waals surface area contributed by atoms with Crippen LogP contribution < -0.4 is 11.6 Å². The van der Waals surface area contributed by atoms with Gasteiger partial charge in [0.15, 0.2) is 0 Å². The van der Waals surface area contributed by atoms with Crippen LogP contribution in [0.15, 0.2) is 28.9 Å². The Hall–Kier alpha value is -1.74. The lowest BCUT2D eigenvalue weighted by Gasteiger charge is -2.17. The third kappa shape index (κ3) is 3.45. The van der Waals surface area contributed by atoms with Crippen LogP contribution in [0.1, 0.15) is 20.7 Å². The predicted molar refractivity (Wildman–Crippen MR) is 87.5 cm³/mol. The van der Waals surface area contributed by atoms with E-state index in [4.69, 9.17) is 34.8 Å². The number of pyridine rings is 1. The minimum Gasteiger partial charge on any atom is -0.383 e. The molecule has 1 heterocycles. The summed E-state index contributed by atoms with van der Waals surface area (Å²) in [6, 6.07) is 3.45. The Kier molecular flexibility index (Phi) is 5.20. The molecule has 0 atom stereocenters. The van der Waals surface area contributed by atoms with Gasteiger partial charge in [0.25, 0.3) is 11.8 Å². The van der Waals surface area contributed by atoms with Crippen LogP contribution in [0.2, 0.25) is 10.0 Å². The maximum atomic E-state index is 13.5. The number of benzene rings is 1. The molecule has 1 aromatic heterocycles. The largest absolute Gasteiger partial charge is 0.383 e. The molecule has 0 aliphatic rings. The molecule has 0 aliphatic heterocycles. The SMILES string of the molecule is Nc1ncc(Br)cc1C(=O)N(N)C(=O)c1c(Cl)ccc(F)c1Cl. The zero-order chi connectivity index (χ0) is 17.3. The number of rotatable bonds is 2. The van der Waals surface area contributed by atoms with Crippen molar-refractivity contribution in [2.45, 2.75) is 0 Å². The molecule has 0 bridgehead atoms. The van der Waals surface area contributed by atoms with Crippen LogP contribution >= 0.6 is 39.1 Å². The fourth-order valence-corrected chi connectivity index (χ4v) is 2.55. The number of hydrogen-bond donors (Lipinski definition) is 2. The van der Waals surface area contributed by atoms with Gasteiger partial charge in [-0.2, -0.15) is 0 Å². The molecule has 2 rings (SSSR count). The number of nitrogen functional groups attached to an aromatic ring is 1. The van der Waals surface area contributed by atoms with Gasteiger partial charge in [-0.15, -0.1) is 0 Å². The van der Waals surface area contributed by atoms with Gasteiger partial charge in [0.2, 0.25) is 0 Å². The fourth-order valence-electron chi connectivity index (χ4n) is 1.69. The van der Waals surface area contributed by atoms with Gasteiger partial charge in [0.1, 0.15) is 11.6 Å². The van der Waals surface area contributed by atoms with Crippen molar-refractivity contribution in [1.29, 1.82) is 0 Å². The van der Waals surface area contributed by atoms with E-state index in [9.17, 15) is 14.0 Å². The number of hydrazine groups is 1. The number of carbonyl (C=O) groups is 2. The molecule has 0 radical (unpaired) electrons. The van der Waals surface area contributed by atoms with Crippen molar-refractivity contribution in [2.24, 2.45) is 5.84 Å². The van der Waals surface area contributed by atoms with E-state index in [1.165, 1.54) is 12.3 Å². The smallest absolute Gasteiger partial charge is 0.278 e. The Labute approximate surface area is 148 Å². The summed E-state index contributed by atoms with van der Waals surface area (Å²) < 4.78 is 14.0. The van der Waals surface area contributed by atoms with Gasteiger partial charge in [0, 0.05) is 10.7 Å². The topological polar surface area (TPSA) is 102 Å². The van der Waals surface area contributed by atoms with E-state index in [2.05, 4.69) is 20.9 Å². The number of aromatic nitrogens is 1. The highest BCUT2D eigenvalue weighted by Gasteiger charge is 2.28. The molecule has 1 aromatic carbocycles. The molecular formula is C13H8BrCl2FN4O2. The Balaban J connectivity index is 2.43. The lowest BCUT2D eigenvalue weighted by Crippen LogP contribution is -2.43. The molecule has 0 fully saturated rings. The first-order valence-corrected chi connectivity index (χ1v) is 7.47. The molecule has 2 aromatic rings. The summed E-state index contributed by atoms with van der Waals surface area (Å²) in [6.45, 7) is 0. The summed E-state index contributed by atoms with van der Waals surface area (Å²) in [5, 5.41) is -0.442. The highest BCUT2D eigenvalue weighted by molar-refractivity contribution is 9.10. The summed E-state index contributed by atoms with van der Waals surface area (Å²) >= 11 is 14.7. The van der Waals surface area contributed by atoms with Crippen molar-refractivity contribution >= 4 is 56.8 Å². The first-order chi connectivity index (χ1) is 10.7. The number of nitrogens with zero attached hydrogens (tertiary/aromatic N) is 2. The molecule has 0 spiro atoms. The van der Waals surface area contributed by atoms with Gasteiger partial charge in [0.05, 0.1) is 21.2 Å². The second-order valence-corrected chi connectivity index (χ2v) is 5.99. The molecule has 10 heteroatoms. The third-order valence-electron chi connectivity index (χ3n) is 2.81. The number of imide groups is 1. The summed E-state index contributed by atoms with van der Waals surface area (Å²) in [4.78, 5) is 28.4. The van der Waals surface area contributed by atoms with Crippen LogP contribution in [0.25, 0.3) is 0 Å². The molecule has 2 amide bonds. The van der Waals surface area contributed by atoms with Crippen LogP contribution in [0, 0.1) is 5.82 Å². The van der Waals surface area contributed by atoms with Crippen LogP contribution in [0.3, 0.4) is 0 Å².